The molecule has 36 heavy (non-hydrogen) atoms. The van der Waals surface area contributed by atoms with Crippen molar-refractivity contribution in [1.82, 2.24) is 0 Å². The maximum absolute atomic E-state index is 12.6. The standard InChI is InChI=1S/C32H52O3S/c1-2-3-4-5-6-7-8-9-10-11-12-13-14-15-16-17-18-19-20-23-29-35-36(33,34)32-28-24-26-30-25-21-22-27-31(30)32/h21-22,24-28H,2-20,23,29H2,1H3. The average Bonchev–Trinajstić information content (AvgIpc) is 2.89. The highest BCUT2D eigenvalue weighted by atomic mass is 32.2. The summed E-state index contributed by atoms with van der Waals surface area (Å²) in [6.07, 6.45) is 26.7. The van der Waals surface area contributed by atoms with Gasteiger partial charge in [0, 0.05) is 5.39 Å². The molecule has 0 heterocycles. The van der Waals surface area contributed by atoms with E-state index >= 15 is 0 Å². The van der Waals surface area contributed by atoms with Gasteiger partial charge in [-0.25, -0.2) is 0 Å². The van der Waals surface area contributed by atoms with Crippen molar-refractivity contribution in [1.29, 1.82) is 0 Å². The molecule has 0 spiro atoms. The Balaban J connectivity index is 1.36. The van der Waals surface area contributed by atoms with E-state index in [1.165, 1.54) is 109 Å². The van der Waals surface area contributed by atoms with Crippen LogP contribution in [0.25, 0.3) is 10.8 Å². The molecule has 0 amide bonds. The van der Waals surface area contributed by atoms with Crippen molar-refractivity contribution >= 4 is 20.9 Å². The molecule has 204 valence electrons. The minimum atomic E-state index is -3.71. The van der Waals surface area contributed by atoms with Gasteiger partial charge in [0.2, 0.25) is 0 Å². The summed E-state index contributed by atoms with van der Waals surface area (Å²) in [5, 5.41) is 1.64. The summed E-state index contributed by atoms with van der Waals surface area (Å²) in [6, 6.07) is 12.9. The molecule has 2 aromatic carbocycles. The number of hydrogen-bond acceptors (Lipinski definition) is 3. The van der Waals surface area contributed by atoms with E-state index in [0.717, 1.165) is 30.0 Å². The number of fused-ring (bicyclic) bond motifs is 1. The lowest BCUT2D eigenvalue weighted by Crippen LogP contribution is -2.08. The lowest BCUT2D eigenvalue weighted by atomic mass is 10.0. The molecule has 0 bridgehead atoms. The van der Waals surface area contributed by atoms with Crippen LogP contribution >= 0.6 is 0 Å². The van der Waals surface area contributed by atoms with Crippen LogP contribution in [-0.2, 0) is 14.3 Å². The summed E-state index contributed by atoms with van der Waals surface area (Å²) in [7, 11) is -3.71. The normalized spacial score (nSPS) is 11.9. The van der Waals surface area contributed by atoms with Gasteiger partial charge in [-0.05, 0) is 17.9 Å². The fraction of sp³-hybridized carbons (Fsp3) is 0.688. The molecule has 2 rings (SSSR count). The summed E-state index contributed by atoms with van der Waals surface area (Å²) in [6.45, 7) is 2.55. The predicted molar refractivity (Wildman–Crippen MR) is 155 cm³/mol. The molecule has 0 aromatic heterocycles. The molecule has 0 saturated heterocycles. The number of rotatable bonds is 23. The quantitative estimate of drug-likeness (QED) is 0.109. The van der Waals surface area contributed by atoms with Crippen molar-refractivity contribution < 1.29 is 12.6 Å². The molecule has 0 aliphatic heterocycles. The van der Waals surface area contributed by atoms with Gasteiger partial charge in [-0.15, -0.1) is 0 Å². The third-order valence-electron chi connectivity index (χ3n) is 7.26. The van der Waals surface area contributed by atoms with E-state index in [2.05, 4.69) is 6.92 Å². The Hall–Kier alpha value is -1.39. The van der Waals surface area contributed by atoms with Crippen LogP contribution in [0.4, 0.5) is 0 Å². The van der Waals surface area contributed by atoms with E-state index in [1.54, 1.807) is 12.1 Å². The SMILES string of the molecule is CCCCCCCCCCCCCCCCCCCCCCOS(=O)(=O)c1cccc2ccccc12. The zero-order chi connectivity index (χ0) is 25.7. The first-order valence-corrected chi connectivity index (χ1v) is 16.4. The van der Waals surface area contributed by atoms with Crippen LogP contribution in [-0.4, -0.2) is 15.0 Å². The van der Waals surface area contributed by atoms with E-state index < -0.39 is 10.1 Å². The van der Waals surface area contributed by atoms with Gasteiger partial charge in [-0.1, -0.05) is 165 Å². The lowest BCUT2D eigenvalue weighted by Gasteiger charge is -2.08. The zero-order valence-electron chi connectivity index (χ0n) is 23.0. The monoisotopic (exact) mass is 516 g/mol. The fourth-order valence-electron chi connectivity index (χ4n) is 5.00. The highest BCUT2D eigenvalue weighted by Gasteiger charge is 2.17. The van der Waals surface area contributed by atoms with E-state index in [-0.39, 0.29) is 11.5 Å². The average molecular weight is 517 g/mol. The van der Waals surface area contributed by atoms with Crippen LogP contribution in [0.3, 0.4) is 0 Å². The Kier molecular flexibility index (Phi) is 16.9. The Morgan fingerprint density at radius 1 is 0.528 bits per heavy atom. The van der Waals surface area contributed by atoms with Crippen molar-refractivity contribution in [3.63, 3.8) is 0 Å². The van der Waals surface area contributed by atoms with Gasteiger partial charge < -0.3 is 0 Å². The maximum atomic E-state index is 12.6. The summed E-state index contributed by atoms with van der Waals surface area (Å²) >= 11 is 0. The summed E-state index contributed by atoms with van der Waals surface area (Å²) in [5.41, 5.74) is 0. The van der Waals surface area contributed by atoms with Crippen molar-refractivity contribution in [2.24, 2.45) is 0 Å². The molecular formula is C32H52O3S. The molecule has 2 aromatic rings. The lowest BCUT2D eigenvalue weighted by molar-refractivity contribution is 0.306. The third-order valence-corrected chi connectivity index (χ3v) is 8.63. The van der Waals surface area contributed by atoms with E-state index in [0.29, 0.717) is 0 Å². The smallest absolute Gasteiger partial charge is 0.266 e. The molecule has 0 aliphatic rings. The zero-order valence-corrected chi connectivity index (χ0v) is 23.8. The van der Waals surface area contributed by atoms with Crippen LogP contribution < -0.4 is 0 Å². The van der Waals surface area contributed by atoms with Crippen molar-refractivity contribution in [2.75, 3.05) is 6.61 Å². The van der Waals surface area contributed by atoms with Gasteiger partial charge in [-0.3, -0.25) is 4.18 Å². The second-order valence-electron chi connectivity index (χ2n) is 10.5. The molecule has 4 heteroatoms. The van der Waals surface area contributed by atoms with Crippen LogP contribution in [0.15, 0.2) is 47.4 Å². The molecule has 0 N–H and O–H groups in total. The minimum Gasteiger partial charge on any atom is -0.266 e. The Bertz CT molecular complexity index is 901. The number of hydrogen-bond donors (Lipinski definition) is 0. The molecule has 0 saturated carbocycles. The van der Waals surface area contributed by atoms with Crippen LogP contribution in [0.2, 0.25) is 0 Å². The Morgan fingerprint density at radius 2 is 0.944 bits per heavy atom. The Labute approximate surface area is 222 Å². The molecule has 0 radical (unpaired) electrons. The molecule has 0 atom stereocenters. The summed E-state index contributed by atoms with van der Waals surface area (Å²) in [4.78, 5) is 0.272. The van der Waals surface area contributed by atoms with Gasteiger partial charge in [-0.2, -0.15) is 8.42 Å². The molecule has 0 aliphatic carbocycles. The first-order valence-electron chi connectivity index (χ1n) is 15.0. The van der Waals surface area contributed by atoms with E-state index in [1.807, 2.05) is 30.3 Å². The molecular weight excluding hydrogens is 464 g/mol. The second kappa shape index (κ2) is 19.7. The van der Waals surface area contributed by atoms with E-state index in [4.69, 9.17) is 4.18 Å². The third kappa shape index (κ3) is 13.2. The van der Waals surface area contributed by atoms with Gasteiger partial charge in [0.25, 0.3) is 10.1 Å². The van der Waals surface area contributed by atoms with Crippen LogP contribution in [0.1, 0.15) is 135 Å². The largest absolute Gasteiger partial charge is 0.297 e. The van der Waals surface area contributed by atoms with Crippen molar-refractivity contribution in [3.8, 4) is 0 Å². The van der Waals surface area contributed by atoms with Crippen molar-refractivity contribution in [3.05, 3.63) is 42.5 Å². The first kappa shape index (κ1) is 30.8. The first-order chi connectivity index (χ1) is 17.6. The van der Waals surface area contributed by atoms with Gasteiger partial charge in [0.1, 0.15) is 4.90 Å². The predicted octanol–water partition coefficient (Wildman–Crippen LogP) is 10.4. The Morgan fingerprint density at radius 3 is 1.44 bits per heavy atom. The van der Waals surface area contributed by atoms with Crippen LogP contribution in [0.5, 0.6) is 0 Å². The van der Waals surface area contributed by atoms with Gasteiger partial charge in [0.15, 0.2) is 0 Å². The highest BCUT2D eigenvalue weighted by Crippen LogP contribution is 2.24. The number of unbranched alkanes of at least 4 members (excludes halogenated alkanes) is 19. The molecule has 3 nitrogen and oxygen atoms in total. The van der Waals surface area contributed by atoms with Gasteiger partial charge >= 0.3 is 0 Å². The molecule has 0 unspecified atom stereocenters. The summed E-state index contributed by atoms with van der Waals surface area (Å²) < 4.78 is 30.6. The molecule has 0 fully saturated rings. The topological polar surface area (TPSA) is 43.4 Å². The maximum Gasteiger partial charge on any atom is 0.297 e. The minimum absolute atomic E-state index is 0.268. The van der Waals surface area contributed by atoms with Crippen molar-refractivity contribution in [2.45, 2.75) is 140 Å². The number of benzene rings is 2. The second-order valence-corrected chi connectivity index (χ2v) is 12.1. The highest BCUT2D eigenvalue weighted by molar-refractivity contribution is 7.87. The van der Waals surface area contributed by atoms with E-state index in [9.17, 15) is 8.42 Å². The van der Waals surface area contributed by atoms with Gasteiger partial charge in [0.05, 0.1) is 6.61 Å². The fourth-order valence-corrected chi connectivity index (χ4v) is 6.17. The summed E-state index contributed by atoms with van der Waals surface area (Å²) in [5.74, 6) is 0. The van der Waals surface area contributed by atoms with Crippen LogP contribution in [0, 0.1) is 0 Å².